The first-order chi connectivity index (χ1) is 46.9. The van der Waals surface area contributed by atoms with Crippen LogP contribution in [0.3, 0.4) is 0 Å². The fraction of sp³-hybridized carbons (Fsp3) is 0.543. The molecule has 0 aliphatic carbocycles. The molecule has 0 fully saturated rings. The number of ketones is 1. The molecule has 0 saturated carbocycles. The lowest BCUT2D eigenvalue weighted by atomic mass is 9.89. The Morgan fingerprint density at radius 2 is 1.00 bits per heavy atom. The molecule has 6 heterocycles. The summed E-state index contributed by atoms with van der Waals surface area (Å²) in [6, 6.07) is 21.9. The van der Waals surface area contributed by atoms with Gasteiger partial charge in [0.25, 0.3) is 11.8 Å². The van der Waals surface area contributed by atoms with E-state index < -0.39 is 61.3 Å². The number of para-hydroxylation sites is 3. The van der Waals surface area contributed by atoms with Crippen LogP contribution in [0.4, 0.5) is 17.3 Å². The Morgan fingerprint density at radius 3 is 1.52 bits per heavy atom. The Balaban J connectivity index is 0.924. The second-order valence-electron chi connectivity index (χ2n) is 26.8. The first-order valence-corrected chi connectivity index (χ1v) is 33.0. The normalized spacial score (nSPS) is 15.6. The highest BCUT2D eigenvalue weighted by molar-refractivity contribution is 6.12. The number of carbonyl (C=O) groups is 4. The number of imidazole rings is 2. The summed E-state index contributed by atoms with van der Waals surface area (Å²) in [4.78, 5) is 85.7. The van der Waals surface area contributed by atoms with Gasteiger partial charge in [0, 0.05) is 62.7 Å². The van der Waals surface area contributed by atoms with E-state index in [9.17, 15) is 29.4 Å². The van der Waals surface area contributed by atoms with Gasteiger partial charge in [-0.25, -0.2) is 19.9 Å². The van der Waals surface area contributed by atoms with Gasteiger partial charge in [-0.2, -0.15) is 0 Å². The van der Waals surface area contributed by atoms with Crippen molar-refractivity contribution in [2.24, 2.45) is 20.8 Å². The molecule has 0 spiro atoms. The van der Waals surface area contributed by atoms with Crippen LogP contribution in [0.5, 0.6) is 0 Å². The van der Waals surface area contributed by atoms with E-state index in [1.165, 1.54) is 7.05 Å². The first kappa shape index (κ1) is 74.4. The lowest BCUT2D eigenvalue weighted by molar-refractivity contribution is -0.175. The highest BCUT2D eigenvalue weighted by Gasteiger charge is 2.45. The predicted molar refractivity (Wildman–Crippen MR) is 368 cm³/mol. The number of amidine groups is 1. The van der Waals surface area contributed by atoms with Crippen molar-refractivity contribution in [1.82, 2.24) is 39.3 Å². The number of aliphatic imine (C=N–C) groups is 2. The van der Waals surface area contributed by atoms with Gasteiger partial charge >= 0.3 is 0 Å². The van der Waals surface area contributed by atoms with Crippen LogP contribution in [0.2, 0.25) is 0 Å². The Bertz CT molecular complexity index is 3960. The number of nitrogens with one attached hydrogen (secondary N) is 3. The minimum atomic E-state index is -1.31. The van der Waals surface area contributed by atoms with Crippen molar-refractivity contribution in [2.75, 3.05) is 124 Å². The van der Waals surface area contributed by atoms with Gasteiger partial charge in [-0.1, -0.05) is 75.4 Å². The monoisotopic (exact) mass is 1360 g/mol. The van der Waals surface area contributed by atoms with E-state index in [1.807, 2.05) is 103 Å². The van der Waals surface area contributed by atoms with E-state index in [0.29, 0.717) is 82.8 Å². The van der Waals surface area contributed by atoms with Gasteiger partial charge in [-0.05, 0) is 72.1 Å². The van der Waals surface area contributed by atoms with Gasteiger partial charge < -0.3 is 87.6 Å². The number of hydrogen-bond acceptors (Lipinski definition) is 23. The SMILES string of the molecule is CCOCC1=NC2C(CC(=O)COCOCC(COCOCC(=O)NC)(COCOCC(=O)Nc3nc4ccccc4c4c3nc(COCC)n4CC(C)(C)C)COCC(=O)Nc3nc4ccccc4c4c3nc(COCC)n4CC(C)(C)O)=Nc3ccccc3C2N1CC(C)(C)O. The van der Waals surface area contributed by atoms with Crippen molar-refractivity contribution in [1.29, 1.82) is 0 Å². The molecular weight excluding hydrogens is 1260 g/mol. The summed E-state index contributed by atoms with van der Waals surface area (Å²) in [5.74, 6) is 0.433. The van der Waals surface area contributed by atoms with Crippen molar-refractivity contribution in [3.05, 3.63) is 90.0 Å². The average Bonchev–Trinajstić information content (AvgIpc) is 1.59. The number of likely N-dealkylation sites (N-methyl/N-ethyl adjacent to an activating group) is 1. The fourth-order valence-corrected chi connectivity index (χ4v) is 11.8. The van der Waals surface area contributed by atoms with Gasteiger partial charge in [0.05, 0.1) is 89.1 Å². The minimum absolute atomic E-state index is 0.0926. The third-order valence-electron chi connectivity index (χ3n) is 15.7. The summed E-state index contributed by atoms with van der Waals surface area (Å²) in [6.07, 6.45) is -0.0926. The molecule has 0 saturated heterocycles. The van der Waals surface area contributed by atoms with Crippen molar-refractivity contribution in [3.8, 4) is 0 Å². The zero-order valence-corrected chi connectivity index (χ0v) is 58.1. The average molecular weight is 1360 g/mol. The van der Waals surface area contributed by atoms with Crippen LogP contribution < -0.4 is 16.0 Å². The van der Waals surface area contributed by atoms with Crippen LogP contribution in [-0.2, 0) is 92.9 Å². The lowest BCUT2D eigenvalue weighted by Gasteiger charge is -2.37. The Hall–Kier alpha value is -7.84. The molecule has 98 heavy (non-hydrogen) atoms. The number of benzene rings is 3. The molecule has 0 radical (unpaired) electrons. The third-order valence-corrected chi connectivity index (χ3v) is 15.7. The number of ether oxygens (including phenoxy) is 10. The first-order valence-electron chi connectivity index (χ1n) is 33.0. The molecule has 5 N–H and O–H groups in total. The standard InChI is InChI=1S/C70H94N12O16/c1-12-89-29-53-75-59-52(72-49-24-18-15-21-46(49)62(59)81(53)36-68(7,8)87)27-45(83)28-93-42-96-39-70(40-97-43-94-32-56(84)71-11,38-92-33-57(85)78-66-61-64(48-23-17-20-26-51(48)74-66)82(37-69(9,10)88)55(77-61)31-91-14-3)41-98-44-95-34-58(86)79-65-60-63(47-22-16-19-25-50(47)73-65)80(35-67(4,5)6)54(76-60)30-90-13-2/h15-26,59,62,87-88H,12-14,27-44H2,1-11H3,(H,71,84)(H,73,79,86)(H,74,78,85). The Kier molecular flexibility index (Phi) is 25.7. The van der Waals surface area contributed by atoms with Crippen LogP contribution in [0, 0.1) is 10.8 Å². The molecule has 7 aromatic rings. The molecule has 530 valence electrons. The summed E-state index contributed by atoms with van der Waals surface area (Å²) >= 11 is 0. The quantitative estimate of drug-likeness (QED) is 0.0185. The highest BCUT2D eigenvalue weighted by Crippen LogP contribution is 2.43. The van der Waals surface area contributed by atoms with Gasteiger partial charge in [-0.3, -0.25) is 29.2 Å². The third kappa shape index (κ3) is 19.7. The number of fused-ring (bicyclic) bond motifs is 9. The van der Waals surface area contributed by atoms with E-state index in [4.69, 9.17) is 77.3 Å². The maximum absolute atomic E-state index is 14.2. The van der Waals surface area contributed by atoms with E-state index in [1.54, 1.807) is 27.7 Å². The van der Waals surface area contributed by atoms with Crippen LogP contribution in [0.15, 0.2) is 82.8 Å². The summed E-state index contributed by atoms with van der Waals surface area (Å²) in [7, 11) is 1.47. The molecular formula is C70H94N12O16. The Labute approximate surface area is 570 Å². The maximum atomic E-state index is 14.2. The van der Waals surface area contributed by atoms with Gasteiger partial charge in [0.2, 0.25) is 5.91 Å². The van der Waals surface area contributed by atoms with Crippen LogP contribution in [0.1, 0.15) is 98.9 Å². The van der Waals surface area contributed by atoms with Gasteiger partial charge in [0.15, 0.2) is 17.4 Å². The number of pyridine rings is 2. The molecule has 0 bridgehead atoms. The molecule has 28 nitrogen and oxygen atoms in total. The van der Waals surface area contributed by atoms with Gasteiger partial charge in [0.1, 0.15) is 101 Å². The topological polar surface area (TPSA) is 327 Å². The number of Topliss-reactive ketones (excluding diaryl/α,β-unsaturated/α-hetero) is 1. The molecule has 4 aromatic heterocycles. The van der Waals surface area contributed by atoms with E-state index >= 15 is 0 Å². The molecule has 3 unspecified atom stereocenters. The van der Waals surface area contributed by atoms with Crippen LogP contribution >= 0.6 is 0 Å². The van der Waals surface area contributed by atoms with E-state index in [0.717, 1.165) is 21.9 Å². The van der Waals surface area contributed by atoms with E-state index in [2.05, 4.69) is 41.3 Å². The summed E-state index contributed by atoms with van der Waals surface area (Å²) in [6.45, 7) is 18.2. The summed E-state index contributed by atoms with van der Waals surface area (Å²) < 4.78 is 63.4. The number of carbonyl (C=O) groups excluding carboxylic acids is 4. The largest absolute Gasteiger partial charge is 0.389 e. The highest BCUT2D eigenvalue weighted by atomic mass is 16.7. The molecule has 3 aromatic carbocycles. The maximum Gasteiger partial charge on any atom is 0.251 e. The number of hydrogen-bond donors (Lipinski definition) is 5. The molecule has 2 aliphatic rings. The molecule has 9 rings (SSSR count). The Morgan fingerprint density at radius 1 is 0.531 bits per heavy atom. The zero-order valence-electron chi connectivity index (χ0n) is 58.1. The summed E-state index contributed by atoms with van der Waals surface area (Å²) in [5, 5.41) is 32.0. The summed E-state index contributed by atoms with van der Waals surface area (Å²) in [5.41, 5.74) is 2.00. The number of β-amino-alcohol motifs (C(OH)–C–C–N with tert-alkyl or cyclic N) is 1. The molecule has 2 aliphatic heterocycles. The van der Waals surface area contributed by atoms with Crippen molar-refractivity contribution in [2.45, 2.75) is 125 Å². The number of anilines is 2. The smallest absolute Gasteiger partial charge is 0.251 e. The van der Waals surface area contributed by atoms with Crippen molar-refractivity contribution < 1.29 is 76.8 Å². The number of amides is 3. The molecule has 3 atom stereocenters. The van der Waals surface area contributed by atoms with Crippen LogP contribution in [-0.4, -0.2) is 210 Å². The number of aliphatic hydroxyl groups is 2. The minimum Gasteiger partial charge on any atom is -0.389 e. The number of rotatable bonds is 40. The number of nitrogens with zero attached hydrogens (tertiary/aromatic N) is 9. The van der Waals surface area contributed by atoms with Crippen molar-refractivity contribution in [3.63, 3.8) is 0 Å². The lowest BCUT2D eigenvalue weighted by Crippen LogP contribution is -2.46. The second-order valence-corrected chi connectivity index (χ2v) is 26.8. The van der Waals surface area contributed by atoms with Gasteiger partial charge in [-0.15, -0.1) is 0 Å². The second kappa shape index (κ2) is 33.8. The molecule has 3 amide bonds. The van der Waals surface area contributed by atoms with E-state index in [-0.39, 0.29) is 121 Å². The van der Waals surface area contributed by atoms with Crippen LogP contribution in [0.25, 0.3) is 43.9 Å². The zero-order chi connectivity index (χ0) is 70.2. The molecule has 28 heteroatoms. The fourth-order valence-electron chi connectivity index (χ4n) is 11.8. The van der Waals surface area contributed by atoms with Crippen molar-refractivity contribution >= 4 is 96.2 Å². The predicted octanol–water partition coefficient (Wildman–Crippen LogP) is 7.35. The number of aromatic nitrogens is 6.